The summed E-state index contributed by atoms with van der Waals surface area (Å²) in [5.74, 6) is 0.0125. The van der Waals surface area contributed by atoms with Crippen molar-refractivity contribution < 1.29 is 28.3 Å². The molecule has 1 aromatic heterocycles. The zero-order chi connectivity index (χ0) is 23.2. The summed E-state index contributed by atoms with van der Waals surface area (Å²) >= 11 is 0. The molecular weight excluding hydrogens is 421 g/mol. The maximum Gasteiger partial charge on any atom is 0.416 e. The zero-order valence-electron chi connectivity index (χ0n) is 18.6. The van der Waals surface area contributed by atoms with Crippen molar-refractivity contribution in [3.8, 4) is 0 Å². The summed E-state index contributed by atoms with van der Waals surface area (Å²) in [5, 5.41) is 16.3. The fourth-order valence-corrected chi connectivity index (χ4v) is 4.33. The highest BCUT2D eigenvalue weighted by atomic mass is 31.2. The minimum absolute atomic E-state index is 0.0781. The highest BCUT2D eigenvalue weighted by molar-refractivity contribution is 7.53. The second-order valence-corrected chi connectivity index (χ2v) is 10.2. The Morgan fingerprint density at radius 2 is 1.81 bits per heavy atom. The molecule has 0 spiro atoms. The molecule has 2 atom stereocenters. The normalized spacial score (nSPS) is 14.0. The van der Waals surface area contributed by atoms with E-state index in [-0.39, 0.29) is 24.2 Å². The maximum absolute atomic E-state index is 12.9. The Morgan fingerprint density at radius 1 is 1.16 bits per heavy atom. The van der Waals surface area contributed by atoms with Crippen LogP contribution in [0.15, 0.2) is 30.5 Å². The lowest BCUT2D eigenvalue weighted by Crippen LogP contribution is -2.48. The number of nitrogens with zero attached hydrogens (tertiary/aromatic N) is 1. The van der Waals surface area contributed by atoms with E-state index in [1.807, 2.05) is 32.9 Å². The number of hydrogen-bond donors (Lipinski definition) is 3. The van der Waals surface area contributed by atoms with E-state index >= 15 is 0 Å². The van der Waals surface area contributed by atoms with Crippen LogP contribution in [0.3, 0.4) is 0 Å². The van der Waals surface area contributed by atoms with Gasteiger partial charge < -0.3 is 19.5 Å². The molecule has 0 aliphatic carbocycles. The van der Waals surface area contributed by atoms with Crippen molar-refractivity contribution >= 4 is 30.5 Å². The summed E-state index contributed by atoms with van der Waals surface area (Å²) in [6.45, 7) is 5.86. The molecule has 0 saturated heterocycles. The minimum Gasteiger partial charge on any atom is -0.464 e. The molecule has 0 aliphatic heterocycles. The average Bonchev–Trinajstić information content (AvgIpc) is 3.09. The number of carboxylic acid groups (broad SMARTS) is 1. The van der Waals surface area contributed by atoms with Crippen LogP contribution in [0.5, 0.6) is 0 Å². The molecule has 0 saturated carbocycles. The molecular formula is C21H32N3O6P. The van der Waals surface area contributed by atoms with Crippen LogP contribution in [-0.4, -0.2) is 54.3 Å². The third-order valence-corrected chi connectivity index (χ3v) is 6.71. The van der Waals surface area contributed by atoms with Crippen LogP contribution in [0.25, 0.3) is 10.9 Å². The van der Waals surface area contributed by atoms with E-state index in [0.717, 1.165) is 10.9 Å². The Hall–Kier alpha value is -2.19. The number of nitrogens with one attached hydrogen (secondary N) is 2. The van der Waals surface area contributed by atoms with Crippen molar-refractivity contribution in [3.05, 3.63) is 36.0 Å². The van der Waals surface area contributed by atoms with Gasteiger partial charge in [0.1, 0.15) is 0 Å². The zero-order valence-corrected chi connectivity index (χ0v) is 19.5. The molecule has 0 aliphatic rings. The molecule has 2 rings (SSSR count). The van der Waals surface area contributed by atoms with Crippen molar-refractivity contribution in [2.24, 2.45) is 5.92 Å². The van der Waals surface area contributed by atoms with Crippen molar-refractivity contribution in [2.45, 2.75) is 45.7 Å². The highest BCUT2D eigenvalue weighted by Crippen LogP contribution is 2.44. The average molecular weight is 453 g/mol. The van der Waals surface area contributed by atoms with E-state index in [2.05, 4.69) is 10.6 Å². The van der Waals surface area contributed by atoms with Crippen LogP contribution < -0.4 is 10.6 Å². The van der Waals surface area contributed by atoms with Crippen LogP contribution >= 0.6 is 7.60 Å². The largest absolute Gasteiger partial charge is 0.464 e. The predicted octanol–water partition coefficient (Wildman–Crippen LogP) is 3.66. The lowest BCUT2D eigenvalue weighted by atomic mass is 10.0. The Labute approximate surface area is 182 Å². The first-order chi connectivity index (χ1) is 14.6. The molecule has 0 unspecified atom stereocenters. The standard InChI is InChI=1S/C21H32N3O6P/c1-14(2)10-18(22-13-31(28,29-4)30-5)20(25)23-15(3)11-16-12-24(21(26)27)19-9-7-6-8-17(16)19/h6-9,12,14-15,18,22H,10-11,13H2,1-5H3,(H,23,25)(H,26,27)/t15-,18+/m1/s1. The van der Waals surface area contributed by atoms with E-state index in [9.17, 15) is 19.3 Å². The van der Waals surface area contributed by atoms with E-state index in [1.54, 1.807) is 18.3 Å². The number of hydrogen-bond acceptors (Lipinski definition) is 6. The van der Waals surface area contributed by atoms with Gasteiger partial charge in [-0.1, -0.05) is 32.0 Å². The third-order valence-electron chi connectivity index (χ3n) is 5.03. The number of carbonyl (C=O) groups is 2. The number of para-hydroxylation sites is 1. The molecule has 0 bridgehead atoms. The number of rotatable bonds is 11. The molecule has 0 radical (unpaired) electrons. The molecule has 3 N–H and O–H groups in total. The molecule has 1 heterocycles. The van der Waals surface area contributed by atoms with Crippen molar-refractivity contribution in [3.63, 3.8) is 0 Å². The van der Waals surface area contributed by atoms with Crippen LogP contribution in [-0.2, 0) is 24.8 Å². The van der Waals surface area contributed by atoms with Crippen molar-refractivity contribution in [2.75, 3.05) is 20.5 Å². The second kappa shape index (κ2) is 10.9. The first kappa shape index (κ1) is 25.1. The van der Waals surface area contributed by atoms with Gasteiger partial charge in [0.05, 0.1) is 17.8 Å². The van der Waals surface area contributed by atoms with Crippen LogP contribution in [0.1, 0.15) is 32.8 Å². The summed E-state index contributed by atoms with van der Waals surface area (Å²) in [6, 6.07) is 6.46. The number of amides is 1. The first-order valence-corrected chi connectivity index (χ1v) is 11.9. The van der Waals surface area contributed by atoms with Gasteiger partial charge in [0, 0.05) is 31.8 Å². The van der Waals surface area contributed by atoms with Crippen LogP contribution in [0.4, 0.5) is 4.79 Å². The Morgan fingerprint density at radius 3 is 2.39 bits per heavy atom. The van der Waals surface area contributed by atoms with E-state index in [4.69, 9.17) is 9.05 Å². The fraction of sp³-hybridized carbons (Fsp3) is 0.524. The van der Waals surface area contributed by atoms with Crippen LogP contribution in [0, 0.1) is 5.92 Å². The van der Waals surface area contributed by atoms with Gasteiger partial charge in [-0.2, -0.15) is 0 Å². The topological polar surface area (TPSA) is 119 Å². The fourth-order valence-electron chi connectivity index (χ4n) is 3.48. The lowest BCUT2D eigenvalue weighted by Gasteiger charge is -2.24. The van der Waals surface area contributed by atoms with Crippen molar-refractivity contribution in [1.29, 1.82) is 0 Å². The van der Waals surface area contributed by atoms with E-state index < -0.39 is 19.7 Å². The molecule has 0 fully saturated rings. The smallest absolute Gasteiger partial charge is 0.416 e. The van der Waals surface area contributed by atoms with Crippen molar-refractivity contribution in [1.82, 2.24) is 15.2 Å². The summed E-state index contributed by atoms with van der Waals surface area (Å²) in [5.41, 5.74) is 1.44. The Kier molecular flexibility index (Phi) is 8.82. The molecule has 9 nitrogen and oxygen atoms in total. The molecule has 1 amide bonds. The summed E-state index contributed by atoms with van der Waals surface area (Å²) in [4.78, 5) is 24.4. The first-order valence-electron chi connectivity index (χ1n) is 10.2. The maximum atomic E-state index is 12.9. The van der Waals surface area contributed by atoms with Crippen LogP contribution in [0.2, 0.25) is 0 Å². The van der Waals surface area contributed by atoms with Gasteiger partial charge in [-0.3, -0.25) is 19.2 Å². The molecule has 1 aromatic carbocycles. The van der Waals surface area contributed by atoms with Gasteiger partial charge >= 0.3 is 13.7 Å². The summed E-state index contributed by atoms with van der Waals surface area (Å²) < 4.78 is 23.4. The minimum atomic E-state index is -3.29. The second-order valence-electron chi connectivity index (χ2n) is 7.96. The monoisotopic (exact) mass is 453 g/mol. The quantitative estimate of drug-likeness (QED) is 0.444. The Balaban J connectivity index is 2.11. The molecule has 172 valence electrons. The van der Waals surface area contributed by atoms with Gasteiger partial charge in [-0.05, 0) is 37.3 Å². The molecule has 10 heteroatoms. The number of aromatic nitrogens is 1. The SMILES string of the molecule is COP(=O)(CN[C@@H](CC(C)C)C(=O)N[C@H](C)Cc1cn(C(=O)O)c2ccccc12)OC. The molecule has 31 heavy (non-hydrogen) atoms. The Bertz CT molecular complexity index is 950. The number of carbonyl (C=O) groups excluding carboxylic acids is 1. The van der Waals surface area contributed by atoms with E-state index in [0.29, 0.717) is 18.4 Å². The predicted molar refractivity (Wildman–Crippen MR) is 120 cm³/mol. The third kappa shape index (κ3) is 6.64. The van der Waals surface area contributed by atoms with Gasteiger partial charge in [-0.15, -0.1) is 0 Å². The van der Waals surface area contributed by atoms with E-state index in [1.165, 1.54) is 18.8 Å². The van der Waals surface area contributed by atoms with Gasteiger partial charge in [0.15, 0.2) is 0 Å². The van der Waals surface area contributed by atoms with Gasteiger partial charge in [-0.25, -0.2) is 4.79 Å². The number of fused-ring (bicyclic) bond motifs is 1. The highest BCUT2D eigenvalue weighted by Gasteiger charge is 2.27. The van der Waals surface area contributed by atoms with Gasteiger partial charge in [0.25, 0.3) is 0 Å². The molecule has 2 aromatic rings. The van der Waals surface area contributed by atoms with Gasteiger partial charge in [0.2, 0.25) is 5.91 Å². The summed E-state index contributed by atoms with van der Waals surface area (Å²) in [7, 11) is -0.681. The lowest BCUT2D eigenvalue weighted by molar-refractivity contribution is -0.124. The number of benzene rings is 1. The summed E-state index contributed by atoms with van der Waals surface area (Å²) in [6.07, 6.45) is 1.47.